The fourth-order valence-electron chi connectivity index (χ4n) is 1.86. The fraction of sp³-hybridized carbons (Fsp3) is 0.667. The second-order valence-corrected chi connectivity index (χ2v) is 3.81. The van der Waals surface area contributed by atoms with Crippen molar-refractivity contribution in [3.8, 4) is 12.3 Å². The molecule has 0 bridgehead atoms. The number of likely N-dealkylation sites (tertiary alicyclic amines) is 1. The summed E-state index contributed by atoms with van der Waals surface area (Å²) in [5.41, 5.74) is 0. The summed E-state index contributed by atoms with van der Waals surface area (Å²) >= 11 is 0. The van der Waals surface area contributed by atoms with Gasteiger partial charge in [-0.25, -0.2) is 0 Å². The number of terminal acetylenes is 1. The standard InChI is InChI=1S/C12H17NO3/c1-3-6-11(14)13-8-5-7-10(9-13)12(15)16-4-2/h1,10H,4-9H2,2H3. The van der Waals surface area contributed by atoms with E-state index in [1.165, 1.54) is 0 Å². The van der Waals surface area contributed by atoms with Crippen LogP contribution in [-0.2, 0) is 14.3 Å². The molecule has 1 rings (SSSR count). The van der Waals surface area contributed by atoms with E-state index in [-0.39, 0.29) is 24.2 Å². The van der Waals surface area contributed by atoms with Crippen LogP contribution in [0.15, 0.2) is 0 Å². The lowest BCUT2D eigenvalue weighted by Gasteiger charge is -2.31. The van der Waals surface area contributed by atoms with E-state index in [4.69, 9.17) is 11.2 Å². The highest BCUT2D eigenvalue weighted by Gasteiger charge is 2.28. The molecule has 1 fully saturated rings. The number of ether oxygens (including phenoxy) is 1. The summed E-state index contributed by atoms with van der Waals surface area (Å²) in [6.07, 6.45) is 6.82. The predicted octanol–water partition coefficient (Wildman–Crippen LogP) is 0.811. The van der Waals surface area contributed by atoms with Crippen LogP contribution >= 0.6 is 0 Å². The Bertz CT molecular complexity index is 306. The molecule has 1 saturated heterocycles. The van der Waals surface area contributed by atoms with Crippen LogP contribution in [0.1, 0.15) is 26.2 Å². The summed E-state index contributed by atoms with van der Waals surface area (Å²) in [6, 6.07) is 0. The Hall–Kier alpha value is -1.50. The minimum absolute atomic E-state index is 0.0727. The van der Waals surface area contributed by atoms with Crippen molar-refractivity contribution < 1.29 is 14.3 Å². The third kappa shape index (κ3) is 3.27. The Morgan fingerprint density at radius 3 is 2.94 bits per heavy atom. The first kappa shape index (κ1) is 12.6. The number of amides is 1. The third-order valence-electron chi connectivity index (χ3n) is 2.65. The minimum Gasteiger partial charge on any atom is -0.466 e. The Morgan fingerprint density at radius 2 is 2.31 bits per heavy atom. The van der Waals surface area contributed by atoms with Gasteiger partial charge in [0.1, 0.15) is 0 Å². The molecule has 0 N–H and O–H groups in total. The molecule has 88 valence electrons. The number of piperidine rings is 1. The smallest absolute Gasteiger partial charge is 0.310 e. The topological polar surface area (TPSA) is 46.6 Å². The maximum Gasteiger partial charge on any atom is 0.310 e. The van der Waals surface area contributed by atoms with Gasteiger partial charge in [0.15, 0.2) is 0 Å². The van der Waals surface area contributed by atoms with Gasteiger partial charge in [-0.3, -0.25) is 9.59 Å². The Kier molecular flexibility index (Phi) is 4.84. The number of nitrogens with zero attached hydrogens (tertiary/aromatic N) is 1. The molecule has 1 heterocycles. The predicted molar refractivity (Wildman–Crippen MR) is 59.4 cm³/mol. The number of carbonyl (C=O) groups excluding carboxylic acids is 2. The normalized spacial score (nSPS) is 20.0. The summed E-state index contributed by atoms with van der Waals surface area (Å²) < 4.78 is 4.95. The molecule has 0 spiro atoms. The van der Waals surface area contributed by atoms with Gasteiger partial charge in [0.05, 0.1) is 18.9 Å². The van der Waals surface area contributed by atoms with Gasteiger partial charge in [-0.1, -0.05) is 5.92 Å². The second-order valence-electron chi connectivity index (χ2n) is 3.81. The molecule has 0 radical (unpaired) electrons. The van der Waals surface area contributed by atoms with E-state index in [1.54, 1.807) is 11.8 Å². The highest BCUT2D eigenvalue weighted by atomic mass is 16.5. The molecule has 0 saturated carbocycles. The average molecular weight is 223 g/mol. The molecule has 1 atom stereocenters. The van der Waals surface area contributed by atoms with Crippen LogP contribution in [0, 0.1) is 18.3 Å². The van der Waals surface area contributed by atoms with Crippen LogP contribution in [-0.4, -0.2) is 36.5 Å². The molecule has 0 aromatic heterocycles. The van der Waals surface area contributed by atoms with Crippen molar-refractivity contribution in [3.63, 3.8) is 0 Å². The molecule has 16 heavy (non-hydrogen) atoms. The van der Waals surface area contributed by atoms with Crippen molar-refractivity contribution in [2.75, 3.05) is 19.7 Å². The first-order chi connectivity index (χ1) is 7.69. The molecular weight excluding hydrogens is 206 g/mol. The van der Waals surface area contributed by atoms with Crippen LogP contribution in [0.4, 0.5) is 0 Å². The molecule has 1 unspecified atom stereocenters. The molecule has 4 nitrogen and oxygen atoms in total. The van der Waals surface area contributed by atoms with Crippen molar-refractivity contribution in [3.05, 3.63) is 0 Å². The van der Waals surface area contributed by atoms with Gasteiger partial charge >= 0.3 is 5.97 Å². The second kappa shape index (κ2) is 6.16. The van der Waals surface area contributed by atoms with Crippen LogP contribution in [0.3, 0.4) is 0 Å². The molecule has 0 aromatic rings. The fourth-order valence-corrected chi connectivity index (χ4v) is 1.86. The first-order valence-corrected chi connectivity index (χ1v) is 5.57. The SMILES string of the molecule is C#CCC(=O)N1CCCC(C(=O)OCC)C1. The Labute approximate surface area is 95.9 Å². The zero-order chi connectivity index (χ0) is 12.0. The van der Waals surface area contributed by atoms with Crippen LogP contribution < -0.4 is 0 Å². The van der Waals surface area contributed by atoms with E-state index in [0.29, 0.717) is 19.7 Å². The monoisotopic (exact) mass is 223 g/mol. The van der Waals surface area contributed by atoms with E-state index in [9.17, 15) is 9.59 Å². The third-order valence-corrected chi connectivity index (χ3v) is 2.65. The minimum atomic E-state index is -0.208. The number of hydrogen-bond acceptors (Lipinski definition) is 3. The molecule has 1 aliphatic rings. The van der Waals surface area contributed by atoms with Crippen molar-refractivity contribution in [1.29, 1.82) is 0 Å². The lowest BCUT2D eigenvalue weighted by atomic mass is 9.98. The van der Waals surface area contributed by atoms with Crippen molar-refractivity contribution in [2.24, 2.45) is 5.92 Å². The average Bonchev–Trinajstić information content (AvgIpc) is 2.30. The van der Waals surface area contributed by atoms with Gasteiger partial charge in [0, 0.05) is 13.1 Å². The van der Waals surface area contributed by atoms with E-state index >= 15 is 0 Å². The summed E-state index contributed by atoms with van der Waals surface area (Å²) in [5.74, 6) is 1.86. The van der Waals surface area contributed by atoms with E-state index in [0.717, 1.165) is 12.8 Å². The van der Waals surface area contributed by atoms with Gasteiger partial charge < -0.3 is 9.64 Å². The largest absolute Gasteiger partial charge is 0.466 e. The van der Waals surface area contributed by atoms with Gasteiger partial charge in [-0.15, -0.1) is 6.42 Å². The highest BCUT2D eigenvalue weighted by Crippen LogP contribution is 2.18. The number of carbonyl (C=O) groups is 2. The van der Waals surface area contributed by atoms with Gasteiger partial charge in [-0.05, 0) is 19.8 Å². The molecule has 0 aromatic carbocycles. The summed E-state index contributed by atoms with van der Waals surface area (Å²) in [4.78, 5) is 24.7. The molecular formula is C12H17NO3. The molecule has 1 aliphatic heterocycles. The molecule has 4 heteroatoms. The van der Waals surface area contributed by atoms with Crippen molar-refractivity contribution in [2.45, 2.75) is 26.2 Å². The van der Waals surface area contributed by atoms with Crippen molar-refractivity contribution >= 4 is 11.9 Å². The van der Waals surface area contributed by atoms with Crippen molar-refractivity contribution in [1.82, 2.24) is 4.90 Å². The first-order valence-electron chi connectivity index (χ1n) is 5.57. The Balaban J connectivity index is 2.50. The molecule has 1 amide bonds. The lowest BCUT2D eigenvalue weighted by molar-refractivity contribution is -0.151. The zero-order valence-electron chi connectivity index (χ0n) is 9.57. The Morgan fingerprint density at radius 1 is 1.56 bits per heavy atom. The van der Waals surface area contributed by atoms with Gasteiger partial charge in [0.2, 0.25) is 5.91 Å². The van der Waals surface area contributed by atoms with E-state index in [1.807, 2.05) is 0 Å². The summed E-state index contributed by atoms with van der Waals surface area (Å²) in [7, 11) is 0. The van der Waals surface area contributed by atoms with Crippen LogP contribution in [0.25, 0.3) is 0 Å². The zero-order valence-corrected chi connectivity index (χ0v) is 9.57. The maximum absolute atomic E-state index is 11.6. The van der Waals surface area contributed by atoms with E-state index in [2.05, 4.69) is 5.92 Å². The van der Waals surface area contributed by atoms with Gasteiger partial charge in [0.25, 0.3) is 0 Å². The quantitative estimate of drug-likeness (QED) is 0.525. The van der Waals surface area contributed by atoms with Gasteiger partial charge in [-0.2, -0.15) is 0 Å². The highest BCUT2D eigenvalue weighted by molar-refractivity contribution is 5.80. The summed E-state index contributed by atoms with van der Waals surface area (Å²) in [5, 5.41) is 0. The number of hydrogen-bond donors (Lipinski definition) is 0. The number of rotatable bonds is 3. The number of esters is 1. The van der Waals surface area contributed by atoms with Crippen LogP contribution in [0.5, 0.6) is 0 Å². The summed E-state index contributed by atoms with van der Waals surface area (Å²) in [6.45, 7) is 3.30. The van der Waals surface area contributed by atoms with Crippen LogP contribution in [0.2, 0.25) is 0 Å². The molecule has 0 aliphatic carbocycles. The lowest BCUT2D eigenvalue weighted by Crippen LogP contribution is -2.42. The van der Waals surface area contributed by atoms with E-state index < -0.39 is 0 Å². The maximum atomic E-state index is 11.6.